The van der Waals surface area contributed by atoms with E-state index in [9.17, 15) is 4.39 Å². The van der Waals surface area contributed by atoms with Crippen LogP contribution in [-0.2, 0) is 0 Å². The number of hydrogen-bond donors (Lipinski definition) is 2. The topological polar surface area (TPSA) is 15.3 Å². The first-order valence-electron chi connectivity index (χ1n) is 7.43. The van der Waals surface area contributed by atoms with Gasteiger partial charge in [0.05, 0.1) is 11.4 Å². The molecule has 0 aromatic carbocycles. The largest absolute Gasteiger partial charge is 0.377 e. The molecule has 0 bridgehead atoms. The molecule has 2 nitrogen and oxygen atoms in total. The molecule has 2 fully saturated rings. The van der Waals surface area contributed by atoms with Gasteiger partial charge in [-0.25, -0.2) is 4.39 Å². The van der Waals surface area contributed by atoms with Gasteiger partial charge in [-0.3, -0.25) is 0 Å². The van der Waals surface area contributed by atoms with E-state index in [4.69, 9.17) is 0 Å². The second-order valence-electron chi connectivity index (χ2n) is 7.19. The van der Waals surface area contributed by atoms with Crippen LogP contribution in [0.15, 0.2) is 24.6 Å². The number of rotatable bonds is 5. The highest BCUT2D eigenvalue weighted by Gasteiger charge is 2.47. The molecule has 2 aliphatic rings. The van der Waals surface area contributed by atoms with Crippen molar-refractivity contribution < 1.29 is 4.39 Å². The predicted molar refractivity (Wildman–Crippen MR) is 86.4 cm³/mol. The molecule has 1 heterocycles. The fourth-order valence-corrected chi connectivity index (χ4v) is 3.21. The Morgan fingerprint density at radius 2 is 2.00 bits per heavy atom. The van der Waals surface area contributed by atoms with Crippen LogP contribution < -0.4 is 5.32 Å². The van der Waals surface area contributed by atoms with E-state index in [1.165, 1.54) is 0 Å². The van der Waals surface area contributed by atoms with E-state index in [1.807, 2.05) is 0 Å². The van der Waals surface area contributed by atoms with E-state index in [0.717, 1.165) is 25.1 Å². The van der Waals surface area contributed by atoms with Gasteiger partial charge in [0.2, 0.25) is 0 Å². The monoisotopic (exact) mass is 298 g/mol. The maximum atomic E-state index is 14.1. The molecule has 0 amide bonds. The number of nitrogens with one attached hydrogen (secondary N) is 1. The van der Waals surface area contributed by atoms with Crippen molar-refractivity contribution in [3.05, 3.63) is 24.6 Å². The number of nitrogens with zero attached hydrogens (tertiary/aromatic N) is 1. The zero-order chi connectivity index (χ0) is 15.1. The molecule has 20 heavy (non-hydrogen) atoms. The summed E-state index contributed by atoms with van der Waals surface area (Å²) in [5.41, 5.74) is 0.255. The number of thiol groups is 1. The van der Waals surface area contributed by atoms with Crippen LogP contribution in [-0.4, -0.2) is 28.5 Å². The Hall–Kier alpha value is -0.640. The smallest absolute Gasteiger partial charge is 0.149 e. The van der Waals surface area contributed by atoms with Crippen LogP contribution in [0.2, 0.25) is 0 Å². The van der Waals surface area contributed by atoms with Crippen molar-refractivity contribution in [3.8, 4) is 0 Å². The van der Waals surface area contributed by atoms with E-state index in [2.05, 4.69) is 56.8 Å². The molecule has 0 spiro atoms. The van der Waals surface area contributed by atoms with Gasteiger partial charge in [0.15, 0.2) is 0 Å². The third-order valence-corrected chi connectivity index (χ3v) is 4.87. The minimum atomic E-state index is -1.20. The Bertz CT molecular complexity index is 409. The number of allylic oxidation sites excluding steroid dienone is 1. The highest BCUT2D eigenvalue weighted by molar-refractivity contribution is 7.80. The minimum Gasteiger partial charge on any atom is -0.377 e. The number of likely N-dealkylation sites (tertiary alicyclic amines) is 1. The SMILES string of the molecule is C=C(C(NC(=C)C1(F)CC1)C(C)(C)C)N1CCCC1S. The van der Waals surface area contributed by atoms with Crippen molar-refractivity contribution in [3.63, 3.8) is 0 Å². The van der Waals surface area contributed by atoms with Crippen LogP contribution in [0, 0.1) is 5.41 Å². The summed E-state index contributed by atoms with van der Waals surface area (Å²) in [4.78, 5) is 2.23. The molecule has 1 aliphatic heterocycles. The van der Waals surface area contributed by atoms with Crippen LogP contribution in [0.3, 0.4) is 0 Å². The van der Waals surface area contributed by atoms with Gasteiger partial charge < -0.3 is 10.2 Å². The second-order valence-corrected chi connectivity index (χ2v) is 7.79. The van der Waals surface area contributed by atoms with Gasteiger partial charge in [-0.15, -0.1) is 0 Å². The maximum Gasteiger partial charge on any atom is 0.149 e. The summed E-state index contributed by atoms with van der Waals surface area (Å²) in [5.74, 6) is 0. The Morgan fingerprint density at radius 3 is 2.40 bits per heavy atom. The normalized spacial score (nSPS) is 26.2. The van der Waals surface area contributed by atoms with Crippen molar-refractivity contribution in [2.45, 2.75) is 63.5 Å². The predicted octanol–water partition coefficient (Wildman–Crippen LogP) is 3.87. The Morgan fingerprint density at radius 1 is 1.40 bits per heavy atom. The van der Waals surface area contributed by atoms with Gasteiger partial charge in [-0.2, -0.15) is 12.6 Å². The van der Waals surface area contributed by atoms with Crippen LogP contribution >= 0.6 is 12.6 Å². The van der Waals surface area contributed by atoms with Gasteiger partial charge in [-0.05, 0) is 31.1 Å². The van der Waals surface area contributed by atoms with E-state index < -0.39 is 5.67 Å². The fraction of sp³-hybridized carbons (Fsp3) is 0.750. The molecule has 0 aromatic heterocycles. The summed E-state index contributed by atoms with van der Waals surface area (Å²) in [6.07, 6.45) is 3.38. The average molecular weight is 298 g/mol. The highest BCUT2D eigenvalue weighted by Crippen LogP contribution is 2.45. The summed E-state index contributed by atoms with van der Waals surface area (Å²) in [7, 11) is 0. The van der Waals surface area contributed by atoms with Crippen molar-refractivity contribution in [2.24, 2.45) is 5.41 Å². The fourth-order valence-electron chi connectivity index (χ4n) is 2.76. The maximum absolute atomic E-state index is 14.1. The minimum absolute atomic E-state index is 0.0176. The van der Waals surface area contributed by atoms with Crippen LogP contribution in [0.1, 0.15) is 46.5 Å². The first-order chi connectivity index (χ1) is 9.15. The standard InChI is InChI=1S/C16H27FN2S/c1-11(19-10-6-7-13(19)20)14(15(3,4)5)18-12(2)16(17)8-9-16/h13-14,18,20H,1-2,6-10H2,3-5H3. The first-order valence-corrected chi connectivity index (χ1v) is 7.95. The number of alkyl halides is 1. The van der Waals surface area contributed by atoms with Crippen molar-refractivity contribution in [2.75, 3.05) is 6.54 Å². The lowest BCUT2D eigenvalue weighted by Gasteiger charge is -2.40. The second kappa shape index (κ2) is 5.28. The van der Waals surface area contributed by atoms with Crippen molar-refractivity contribution >= 4 is 12.6 Å². The molecule has 1 aliphatic carbocycles. The van der Waals surface area contributed by atoms with Crippen molar-refractivity contribution in [1.29, 1.82) is 0 Å². The van der Waals surface area contributed by atoms with E-state index in [1.54, 1.807) is 0 Å². The molecule has 2 rings (SSSR count). The third kappa shape index (κ3) is 3.16. The summed E-state index contributed by atoms with van der Waals surface area (Å²) in [5, 5.41) is 3.54. The molecule has 1 N–H and O–H groups in total. The highest BCUT2D eigenvalue weighted by atomic mass is 32.1. The molecule has 1 saturated heterocycles. The van der Waals surface area contributed by atoms with Gasteiger partial charge in [0.1, 0.15) is 5.67 Å². The van der Waals surface area contributed by atoms with Gasteiger partial charge in [-0.1, -0.05) is 33.9 Å². The third-order valence-electron chi connectivity index (χ3n) is 4.34. The number of halogens is 1. The van der Waals surface area contributed by atoms with Gasteiger partial charge in [0.25, 0.3) is 0 Å². The van der Waals surface area contributed by atoms with E-state index in [-0.39, 0.29) is 16.8 Å². The van der Waals surface area contributed by atoms with Gasteiger partial charge in [0, 0.05) is 17.9 Å². The molecule has 1 saturated carbocycles. The van der Waals surface area contributed by atoms with Crippen molar-refractivity contribution in [1.82, 2.24) is 10.2 Å². The summed E-state index contributed by atoms with van der Waals surface area (Å²) < 4.78 is 14.1. The Labute approximate surface area is 127 Å². The zero-order valence-corrected chi connectivity index (χ0v) is 13.8. The molecule has 2 unspecified atom stereocenters. The quantitative estimate of drug-likeness (QED) is 0.749. The Kier molecular flexibility index (Phi) is 4.16. The Balaban J connectivity index is 2.11. The molecule has 0 aromatic rings. The van der Waals surface area contributed by atoms with Gasteiger partial charge >= 0.3 is 0 Å². The van der Waals surface area contributed by atoms with Crippen LogP contribution in [0.4, 0.5) is 4.39 Å². The lowest BCUT2D eigenvalue weighted by molar-refractivity contribution is 0.238. The van der Waals surface area contributed by atoms with E-state index in [0.29, 0.717) is 18.5 Å². The number of hydrogen-bond acceptors (Lipinski definition) is 3. The van der Waals surface area contributed by atoms with E-state index >= 15 is 0 Å². The lowest BCUT2D eigenvalue weighted by Crippen LogP contribution is -2.47. The molecular weight excluding hydrogens is 271 g/mol. The summed E-state index contributed by atoms with van der Waals surface area (Å²) in [6.45, 7) is 15.6. The summed E-state index contributed by atoms with van der Waals surface area (Å²) in [6, 6.07) is -0.0176. The lowest BCUT2D eigenvalue weighted by atomic mass is 9.84. The van der Waals surface area contributed by atoms with Crippen LogP contribution in [0.5, 0.6) is 0 Å². The zero-order valence-electron chi connectivity index (χ0n) is 12.9. The molecule has 2 atom stereocenters. The molecular formula is C16H27FN2S. The first kappa shape index (κ1) is 15.7. The summed E-state index contributed by atoms with van der Waals surface area (Å²) >= 11 is 4.62. The van der Waals surface area contributed by atoms with Crippen LogP contribution in [0.25, 0.3) is 0 Å². The molecule has 114 valence electrons. The molecule has 0 radical (unpaired) electrons. The molecule has 4 heteroatoms. The average Bonchev–Trinajstić information content (AvgIpc) is 2.94.